The van der Waals surface area contributed by atoms with Crippen LogP contribution in [-0.4, -0.2) is 41.5 Å². The van der Waals surface area contributed by atoms with Crippen LogP contribution in [0.3, 0.4) is 0 Å². The summed E-state index contributed by atoms with van der Waals surface area (Å²) in [7, 11) is 1.61. The van der Waals surface area contributed by atoms with Gasteiger partial charge in [0, 0.05) is 5.69 Å². The molecule has 0 bridgehead atoms. The zero-order valence-electron chi connectivity index (χ0n) is 11.7. The van der Waals surface area contributed by atoms with Crippen LogP contribution in [0.2, 0.25) is 0 Å². The molecule has 5 heteroatoms. The molecule has 0 aliphatic rings. The molecule has 0 heterocycles. The van der Waals surface area contributed by atoms with Gasteiger partial charge >= 0.3 is 5.97 Å². The standard InChI is InChI=1S/C14H20N2O3/c1-9-6-5-7-10(2)13(9)15-12(17)8-16(4)11(3)14(18)19/h5-7,11H,8H2,1-4H3,(H,15,17)(H,18,19)/t11-/m0/s1. The Morgan fingerprint density at radius 1 is 1.32 bits per heavy atom. The van der Waals surface area contributed by atoms with Gasteiger partial charge in [0.05, 0.1) is 6.54 Å². The maximum Gasteiger partial charge on any atom is 0.320 e. The number of amides is 1. The van der Waals surface area contributed by atoms with Gasteiger partial charge < -0.3 is 10.4 Å². The van der Waals surface area contributed by atoms with Crippen molar-refractivity contribution in [1.29, 1.82) is 0 Å². The summed E-state index contributed by atoms with van der Waals surface area (Å²) in [5.41, 5.74) is 2.77. The van der Waals surface area contributed by atoms with Gasteiger partial charge in [-0.3, -0.25) is 14.5 Å². The van der Waals surface area contributed by atoms with Gasteiger partial charge in [0.2, 0.25) is 5.91 Å². The minimum absolute atomic E-state index is 0.0429. The van der Waals surface area contributed by atoms with Crippen LogP contribution in [-0.2, 0) is 9.59 Å². The molecule has 19 heavy (non-hydrogen) atoms. The van der Waals surface area contributed by atoms with Crippen molar-refractivity contribution >= 4 is 17.6 Å². The summed E-state index contributed by atoms with van der Waals surface area (Å²) >= 11 is 0. The molecule has 0 fully saturated rings. The molecule has 0 aliphatic heterocycles. The largest absolute Gasteiger partial charge is 0.480 e. The number of nitrogens with zero attached hydrogens (tertiary/aromatic N) is 1. The first-order valence-electron chi connectivity index (χ1n) is 6.12. The average molecular weight is 264 g/mol. The number of aliphatic carboxylic acids is 1. The maximum atomic E-state index is 11.9. The first-order chi connectivity index (χ1) is 8.82. The molecule has 104 valence electrons. The minimum Gasteiger partial charge on any atom is -0.480 e. The molecule has 1 rings (SSSR count). The fraction of sp³-hybridized carbons (Fsp3) is 0.429. The second kappa shape index (κ2) is 6.33. The Hall–Kier alpha value is -1.88. The number of aryl methyl sites for hydroxylation is 2. The number of rotatable bonds is 5. The van der Waals surface area contributed by atoms with E-state index >= 15 is 0 Å². The number of anilines is 1. The number of benzene rings is 1. The van der Waals surface area contributed by atoms with E-state index in [4.69, 9.17) is 5.11 Å². The molecule has 0 radical (unpaired) electrons. The fourth-order valence-electron chi connectivity index (χ4n) is 1.74. The molecule has 0 unspecified atom stereocenters. The van der Waals surface area contributed by atoms with Gasteiger partial charge in [0.15, 0.2) is 0 Å². The highest BCUT2D eigenvalue weighted by Crippen LogP contribution is 2.19. The van der Waals surface area contributed by atoms with Gasteiger partial charge in [-0.1, -0.05) is 18.2 Å². The van der Waals surface area contributed by atoms with E-state index in [1.807, 2.05) is 32.0 Å². The molecule has 0 aliphatic carbocycles. The summed E-state index contributed by atoms with van der Waals surface area (Å²) in [5.74, 6) is -1.16. The van der Waals surface area contributed by atoms with Gasteiger partial charge in [0.25, 0.3) is 0 Å². The normalized spacial score (nSPS) is 12.3. The summed E-state index contributed by atoms with van der Waals surface area (Å²) in [6.45, 7) is 5.44. The first-order valence-corrected chi connectivity index (χ1v) is 6.12. The Labute approximate surface area is 113 Å². The van der Waals surface area contributed by atoms with Gasteiger partial charge in [-0.25, -0.2) is 0 Å². The number of carbonyl (C=O) groups is 2. The number of carboxylic acids is 1. The van der Waals surface area contributed by atoms with Crippen molar-refractivity contribution in [2.24, 2.45) is 0 Å². The lowest BCUT2D eigenvalue weighted by Crippen LogP contribution is -2.40. The lowest BCUT2D eigenvalue weighted by Gasteiger charge is -2.21. The van der Waals surface area contributed by atoms with Crippen LogP contribution in [0.15, 0.2) is 18.2 Å². The smallest absolute Gasteiger partial charge is 0.320 e. The van der Waals surface area contributed by atoms with Crippen LogP contribution in [0, 0.1) is 13.8 Å². The molecule has 0 saturated heterocycles. The number of likely N-dealkylation sites (N-methyl/N-ethyl adjacent to an activating group) is 1. The van der Waals surface area contributed by atoms with E-state index in [-0.39, 0.29) is 12.5 Å². The lowest BCUT2D eigenvalue weighted by atomic mass is 10.1. The van der Waals surface area contributed by atoms with Crippen molar-refractivity contribution in [2.45, 2.75) is 26.8 Å². The van der Waals surface area contributed by atoms with E-state index in [0.717, 1.165) is 16.8 Å². The topological polar surface area (TPSA) is 69.6 Å². The Kier molecular flexibility index (Phi) is 5.06. The van der Waals surface area contributed by atoms with Crippen LogP contribution in [0.5, 0.6) is 0 Å². The third-order valence-corrected chi connectivity index (χ3v) is 3.16. The zero-order valence-corrected chi connectivity index (χ0v) is 11.7. The average Bonchev–Trinajstić information content (AvgIpc) is 2.32. The van der Waals surface area contributed by atoms with E-state index in [9.17, 15) is 9.59 Å². The van der Waals surface area contributed by atoms with Crippen molar-refractivity contribution < 1.29 is 14.7 Å². The van der Waals surface area contributed by atoms with E-state index in [1.54, 1.807) is 14.0 Å². The quantitative estimate of drug-likeness (QED) is 0.848. The molecule has 2 N–H and O–H groups in total. The zero-order chi connectivity index (χ0) is 14.6. The monoisotopic (exact) mass is 264 g/mol. The molecule has 0 aromatic heterocycles. The van der Waals surface area contributed by atoms with E-state index in [1.165, 1.54) is 4.90 Å². The number of para-hydroxylation sites is 1. The summed E-state index contributed by atoms with van der Waals surface area (Å²) < 4.78 is 0. The van der Waals surface area contributed by atoms with Crippen molar-refractivity contribution in [3.8, 4) is 0 Å². The second-order valence-corrected chi connectivity index (χ2v) is 4.74. The van der Waals surface area contributed by atoms with Crippen LogP contribution >= 0.6 is 0 Å². The van der Waals surface area contributed by atoms with Crippen molar-refractivity contribution in [1.82, 2.24) is 4.90 Å². The molecule has 1 aromatic rings. The summed E-state index contributed by atoms with van der Waals surface area (Å²) in [6.07, 6.45) is 0. The summed E-state index contributed by atoms with van der Waals surface area (Å²) in [4.78, 5) is 24.2. The van der Waals surface area contributed by atoms with E-state index in [0.29, 0.717) is 0 Å². The Morgan fingerprint density at radius 2 is 1.84 bits per heavy atom. The van der Waals surface area contributed by atoms with E-state index in [2.05, 4.69) is 5.32 Å². The third-order valence-electron chi connectivity index (χ3n) is 3.16. The molecule has 0 spiro atoms. The summed E-state index contributed by atoms with van der Waals surface area (Å²) in [6, 6.07) is 5.08. The summed E-state index contributed by atoms with van der Waals surface area (Å²) in [5, 5.41) is 11.7. The number of hydrogen-bond donors (Lipinski definition) is 2. The van der Waals surface area contributed by atoms with Gasteiger partial charge in [-0.15, -0.1) is 0 Å². The second-order valence-electron chi connectivity index (χ2n) is 4.74. The molecular weight excluding hydrogens is 244 g/mol. The highest BCUT2D eigenvalue weighted by atomic mass is 16.4. The van der Waals surface area contributed by atoms with Crippen molar-refractivity contribution in [3.63, 3.8) is 0 Å². The Balaban J connectivity index is 2.68. The number of carbonyl (C=O) groups excluding carboxylic acids is 1. The molecule has 1 amide bonds. The van der Waals surface area contributed by atoms with Crippen LogP contribution in [0.1, 0.15) is 18.1 Å². The number of carboxylic acid groups (broad SMARTS) is 1. The Morgan fingerprint density at radius 3 is 2.32 bits per heavy atom. The molecule has 1 atom stereocenters. The van der Waals surface area contributed by atoms with Gasteiger partial charge in [-0.05, 0) is 38.9 Å². The number of hydrogen-bond acceptors (Lipinski definition) is 3. The SMILES string of the molecule is Cc1cccc(C)c1NC(=O)CN(C)[C@@H](C)C(=O)O. The highest BCUT2D eigenvalue weighted by Gasteiger charge is 2.19. The minimum atomic E-state index is -0.942. The predicted octanol–water partition coefficient (Wildman–Crippen LogP) is 1.65. The van der Waals surface area contributed by atoms with Crippen LogP contribution < -0.4 is 5.32 Å². The predicted molar refractivity (Wildman–Crippen MR) is 74.3 cm³/mol. The molecular formula is C14H20N2O3. The number of nitrogens with one attached hydrogen (secondary N) is 1. The van der Waals surface area contributed by atoms with Crippen LogP contribution in [0.4, 0.5) is 5.69 Å². The van der Waals surface area contributed by atoms with Gasteiger partial charge in [-0.2, -0.15) is 0 Å². The van der Waals surface area contributed by atoms with Crippen molar-refractivity contribution in [3.05, 3.63) is 29.3 Å². The third kappa shape index (κ3) is 4.06. The van der Waals surface area contributed by atoms with Crippen molar-refractivity contribution in [2.75, 3.05) is 18.9 Å². The first kappa shape index (κ1) is 15.2. The maximum absolute atomic E-state index is 11.9. The molecule has 1 aromatic carbocycles. The molecule has 0 saturated carbocycles. The fourth-order valence-corrected chi connectivity index (χ4v) is 1.74. The van der Waals surface area contributed by atoms with Gasteiger partial charge in [0.1, 0.15) is 6.04 Å². The molecule has 5 nitrogen and oxygen atoms in total. The lowest BCUT2D eigenvalue weighted by molar-refractivity contribution is -0.142. The van der Waals surface area contributed by atoms with E-state index < -0.39 is 12.0 Å². The highest BCUT2D eigenvalue weighted by molar-refractivity contribution is 5.94. The Bertz CT molecular complexity index is 465. The van der Waals surface area contributed by atoms with Crippen LogP contribution in [0.25, 0.3) is 0 Å².